The highest BCUT2D eigenvalue weighted by Gasteiger charge is 2.13. The highest BCUT2D eigenvalue weighted by atomic mass is 35.5. The normalized spacial score (nSPS) is 13.6. The van der Waals surface area contributed by atoms with Crippen molar-refractivity contribution in [2.45, 2.75) is 12.8 Å². The summed E-state index contributed by atoms with van der Waals surface area (Å²) < 4.78 is 0. The molecule has 2 heterocycles. The van der Waals surface area contributed by atoms with E-state index in [1.165, 1.54) is 12.8 Å². The average molecular weight is 361 g/mol. The fourth-order valence-corrected chi connectivity index (χ4v) is 2.84. The number of nitrogens with zero attached hydrogens (tertiary/aromatic N) is 3. The maximum absolute atomic E-state index is 11.9. The lowest BCUT2D eigenvalue weighted by Gasteiger charge is -2.16. The molecule has 1 aromatic heterocycles. The molecule has 25 heavy (non-hydrogen) atoms. The number of amides is 2. The molecule has 0 radical (unpaired) electrons. The number of urea groups is 1. The molecule has 7 nitrogen and oxygen atoms in total. The minimum absolute atomic E-state index is 0.296. The number of carbonyl (C=O) groups is 1. The van der Waals surface area contributed by atoms with Crippen molar-refractivity contribution in [1.82, 2.24) is 15.3 Å². The molecule has 1 aromatic carbocycles. The zero-order chi connectivity index (χ0) is 17.5. The Morgan fingerprint density at radius 2 is 1.96 bits per heavy atom. The van der Waals surface area contributed by atoms with Crippen LogP contribution in [-0.2, 0) is 0 Å². The summed E-state index contributed by atoms with van der Waals surface area (Å²) in [4.78, 5) is 22.6. The van der Waals surface area contributed by atoms with E-state index >= 15 is 0 Å². The molecule has 1 aliphatic rings. The molecule has 0 unspecified atom stereocenters. The lowest BCUT2D eigenvalue weighted by Crippen LogP contribution is -2.32. The first-order valence-corrected chi connectivity index (χ1v) is 8.70. The van der Waals surface area contributed by atoms with E-state index in [-0.39, 0.29) is 6.03 Å². The monoisotopic (exact) mass is 360 g/mol. The van der Waals surface area contributed by atoms with E-state index in [0.717, 1.165) is 24.7 Å². The van der Waals surface area contributed by atoms with Gasteiger partial charge in [-0.2, -0.15) is 0 Å². The van der Waals surface area contributed by atoms with Gasteiger partial charge in [0.15, 0.2) is 0 Å². The summed E-state index contributed by atoms with van der Waals surface area (Å²) in [6.07, 6.45) is 3.97. The third-order valence-corrected chi connectivity index (χ3v) is 4.25. The van der Waals surface area contributed by atoms with Gasteiger partial charge in [0.2, 0.25) is 0 Å². The molecule has 1 saturated heterocycles. The standard InChI is InChI=1S/C17H21ClN6O/c18-13-5-1-2-6-14(13)23-17(25)20-8-7-19-15-11-16(22-12-21-15)24-9-3-4-10-24/h1-2,5-6,11-12H,3-4,7-10H2,(H,19,21,22)(H2,20,23,25). The highest BCUT2D eigenvalue weighted by molar-refractivity contribution is 6.33. The lowest BCUT2D eigenvalue weighted by molar-refractivity contribution is 0.252. The van der Waals surface area contributed by atoms with E-state index in [0.29, 0.717) is 23.8 Å². The van der Waals surface area contributed by atoms with Crippen molar-refractivity contribution < 1.29 is 4.79 Å². The van der Waals surface area contributed by atoms with E-state index in [4.69, 9.17) is 11.6 Å². The summed E-state index contributed by atoms with van der Waals surface area (Å²) in [7, 11) is 0. The van der Waals surface area contributed by atoms with Gasteiger partial charge < -0.3 is 20.9 Å². The van der Waals surface area contributed by atoms with Gasteiger partial charge in [0.05, 0.1) is 10.7 Å². The number of hydrogen-bond acceptors (Lipinski definition) is 5. The molecule has 1 fully saturated rings. The van der Waals surface area contributed by atoms with Gasteiger partial charge in [-0.3, -0.25) is 0 Å². The van der Waals surface area contributed by atoms with Gasteiger partial charge in [-0.25, -0.2) is 14.8 Å². The SMILES string of the molecule is O=C(NCCNc1cc(N2CCCC2)ncn1)Nc1ccccc1Cl. The second-order valence-electron chi connectivity index (χ2n) is 5.74. The molecule has 0 aliphatic carbocycles. The fourth-order valence-electron chi connectivity index (χ4n) is 2.66. The number of halogens is 1. The zero-order valence-corrected chi connectivity index (χ0v) is 14.6. The number of anilines is 3. The van der Waals surface area contributed by atoms with Crippen molar-refractivity contribution in [3.8, 4) is 0 Å². The van der Waals surface area contributed by atoms with Crippen LogP contribution in [0.2, 0.25) is 5.02 Å². The highest BCUT2D eigenvalue weighted by Crippen LogP contribution is 2.20. The van der Waals surface area contributed by atoms with Crippen LogP contribution >= 0.6 is 11.6 Å². The van der Waals surface area contributed by atoms with E-state index in [2.05, 4.69) is 30.8 Å². The quantitative estimate of drug-likeness (QED) is 0.690. The first-order valence-electron chi connectivity index (χ1n) is 8.32. The smallest absolute Gasteiger partial charge is 0.319 e. The molecule has 132 valence electrons. The average Bonchev–Trinajstić information content (AvgIpc) is 3.16. The summed E-state index contributed by atoms with van der Waals surface area (Å²) in [6.45, 7) is 3.10. The van der Waals surface area contributed by atoms with Crippen LogP contribution in [-0.4, -0.2) is 42.2 Å². The Labute approximate surface area is 151 Å². The van der Waals surface area contributed by atoms with Crippen molar-refractivity contribution in [2.75, 3.05) is 41.7 Å². The van der Waals surface area contributed by atoms with Crippen LogP contribution in [0.25, 0.3) is 0 Å². The van der Waals surface area contributed by atoms with Crippen molar-refractivity contribution in [3.63, 3.8) is 0 Å². The molecule has 3 N–H and O–H groups in total. The first-order chi connectivity index (χ1) is 12.2. The summed E-state index contributed by atoms with van der Waals surface area (Å²) >= 11 is 6.01. The van der Waals surface area contributed by atoms with Crippen LogP contribution in [0.5, 0.6) is 0 Å². The number of rotatable bonds is 6. The number of nitrogens with one attached hydrogen (secondary N) is 3. The van der Waals surface area contributed by atoms with Crippen LogP contribution in [0.1, 0.15) is 12.8 Å². The Balaban J connectivity index is 1.41. The first kappa shape index (κ1) is 17.3. The maximum atomic E-state index is 11.9. The van der Waals surface area contributed by atoms with Crippen molar-refractivity contribution in [1.29, 1.82) is 0 Å². The predicted octanol–water partition coefficient (Wildman–Crippen LogP) is 2.96. The number of para-hydroxylation sites is 1. The molecule has 0 spiro atoms. The number of benzene rings is 1. The third kappa shape index (κ3) is 4.96. The lowest BCUT2D eigenvalue weighted by atomic mass is 10.3. The van der Waals surface area contributed by atoms with Gasteiger partial charge in [-0.15, -0.1) is 0 Å². The van der Waals surface area contributed by atoms with Crippen molar-refractivity contribution in [3.05, 3.63) is 41.7 Å². The summed E-state index contributed by atoms with van der Waals surface area (Å²) in [5.74, 6) is 1.70. The molecule has 2 aromatic rings. The van der Waals surface area contributed by atoms with Crippen LogP contribution in [0.3, 0.4) is 0 Å². The number of hydrogen-bond donors (Lipinski definition) is 3. The van der Waals surface area contributed by atoms with Crippen LogP contribution in [0, 0.1) is 0 Å². The molecule has 8 heteroatoms. The van der Waals surface area contributed by atoms with Crippen LogP contribution in [0.15, 0.2) is 36.7 Å². The molecule has 3 rings (SSSR count). The maximum Gasteiger partial charge on any atom is 0.319 e. The Bertz CT molecular complexity index is 720. The number of carbonyl (C=O) groups excluding carboxylic acids is 1. The fraction of sp³-hybridized carbons (Fsp3) is 0.353. The topological polar surface area (TPSA) is 82.2 Å². The second-order valence-corrected chi connectivity index (χ2v) is 6.15. The Morgan fingerprint density at radius 1 is 1.16 bits per heavy atom. The van der Waals surface area contributed by atoms with Crippen molar-refractivity contribution in [2.24, 2.45) is 0 Å². The Morgan fingerprint density at radius 3 is 2.76 bits per heavy atom. The summed E-state index contributed by atoms with van der Waals surface area (Å²) in [5.41, 5.74) is 0.584. The minimum Gasteiger partial charge on any atom is -0.368 e. The second kappa shape index (κ2) is 8.53. The molecule has 2 amide bonds. The van der Waals surface area contributed by atoms with Gasteiger partial charge >= 0.3 is 6.03 Å². The Kier molecular flexibility index (Phi) is 5.90. The predicted molar refractivity (Wildman–Crippen MR) is 100 cm³/mol. The largest absolute Gasteiger partial charge is 0.368 e. The third-order valence-electron chi connectivity index (χ3n) is 3.92. The minimum atomic E-state index is -0.296. The molecular weight excluding hydrogens is 340 g/mol. The van der Waals surface area contributed by atoms with E-state index in [9.17, 15) is 4.79 Å². The summed E-state index contributed by atoms with van der Waals surface area (Å²) in [6, 6.07) is 8.75. The molecular formula is C17H21ClN6O. The van der Waals surface area contributed by atoms with Gasteiger partial charge in [-0.05, 0) is 25.0 Å². The van der Waals surface area contributed by atoms with Crippen LogP contribution in [0.4, 0.5) is 22.1 Å². The van der Waals surface area contributed by atoms with Gasteiger partial charge in [0.1, 0.15) is 18.0 Å². The van der Waals surface area contributed by atoms with E-state index in [1.807, 2.05) is 18.2 Å². The zero-order valence-electron chi connectivity index (χ0n) is 13.8. The molecule has 1 aliphatic heterocycles. The van der Waals surface area contributed by atoms with Gasteiger partial charge in [0, 0.05) is 32.2 Å². The molecule has 0 saturated carbocycles. The van der Waals surface area contributed by atoms with Crippen LogP contribution < -0.4 is 20.9 Å². The summed E-state index contributed by atoms with van der Waals surface area (Å²) in [5, 5.41) is 9.18. The van der Waals surface area contributed by atoms with Gasteiger partial charge in [0.25, 0.3) is 0 Å². The molecule has 0 bridgehead atoms. The Hall–Kier alpha value is -2.54. The molecule has 0 atom stereocenters. The van der Waals surface area contributed by atoms with E-state index < -0.39 is 0 Å². The van der Waals surface area contributed by atoms with E-state index in [1.54, 1.807) is 18.5 Å². The van der Waals surface area contributed by atoms with Gasteiger partial charge in [-0.1, -0.05) is 23.7 Å². The number of aromatic nitrogens is 2. The van der Waals surface area contributed by atoms with Crippen molar-refractivity contribution >= 4 is 35.0 Å².